The van der Waals surface area contributed by atoms with Crippen LogP contribution in [-0.4, -0.2) is 11.1 Å². The van der Waals surface area contributed by atoms with Gasteiger partial charge in [0.25, 0.3) is 0 Å². The number of aliphatic carboxylic acids is 1. The van der Waals surface area contributed by atoms with Gasteiger partial charge in [-0.1, -0.05) is 66.7 Å². The van der Waals surface area contributed by atoms with Crippen molar-refractivity contribution in [1.82, 2.24) is 0 Å². The first-order valence-electron chi connectivity index (χ1n) is 8.69. The second kappa shape index (κ2) is 6.89. The number of hydrogen-bond acceptors (Lipinski definition) is 3. The first-order chi connectivity index (χ1) is 13.0. The molecule has 3 aromatic rings. The Morgan fingerprint density at radius 2 is 1.81 bits per heavy atom. The first kappa shape index (κ1) is 17.3. The average Bonchev–Trinajstić information content (AvgIpc) is 3.10. The molecule has 1 aromatic heterocycles. The second-order valence-corrected chi connectivity index (χ2v) is 7.67. The quantitative estimate of drug-likeness (QED) is 0.635. The van der Waals surface area contributed by atoms with Gasteiger partial charge in [0.2, 0.25) is 0 Å². The molecule has 2 aromatic carbocycles. The number of carboxylic acid groups (broad SMARTS) is 1. The van der Waals surface area contributed by atoms with Crippen molar-refractivity contribution in [3.05, 3.63) is 95.0 Å². The SMILES string of the molecule is C=C1C=C(C(=O)O)c2sc(-c3ccc(C)cc3)cc2N1Cc1ccccc1. The molecule has 3 nitrogen and oxygen atoms in total. The molecule has 134 valence electrons. The summed E-state index contributed by atoms with van der Waals surface area (Å²) in [5.74, 6) is -0.922. The summed E-state index contributed by atoms with van der Waals surface area (Å²) in [6.07, 6.45) is 1.67. The molecule has 1 aliphatic heterocycles. The van der Waals surface area contributed by atoms with Gasteiger partial charge in [0, 0.05) is 17.1 Å². The molecule has 1 N–H and O–H groups in total. The molecule has 0 saturated heterocycles. The maximum atomic E-state index is 11.8. The van der Waals surface area contributed by atoms with Crippen LogP contribution in [0.1, 0.15) is 16.0 Å². The summed E-state index contributed by atoms with van der Waals surface area (Å²) in [4.78, 5) is 15.7. The van der Waals surface area contributed by atoms with Gasteiger partial charge >= 0.3 is 5.97 Å². The molecule has 1 aliphatic rings. The maximum Gasteiger partial charge on any atom is 0.337 e. The van der Waals surface area contributed by atoms with Crippen LogP contribution in [0.5, 0.6) is 0 Å². The summed E-state index contributed by atoms with van der Waals surface area (Å²) in [5.41, 5.74) is 5.35. The molecular formula is C23H19NO2S. The lowest BCUT2D eigenvalue weighted by Crippen LogP contribution is -2.24. The van der Waals surface area contributed by atoms with E-state index in [0.29, 0.717) is 17.8 Å². The van der Waals surface area contributed by atoms with Crippen molar-refractivity contribution in [2.24, 2.45) is 0 Å². The van der Waals surface area contributed by atoms with Crippen LogP contribution in [0.15, 0.2) is 79.0 Å². The predicted molar refractivity (Wildman–Crippen MR) is 112 cm³/mol. The van der Waals surface area contributed by atoms with E-state index >= 15 is 0 Å². The maximum absolute atomic E-state index is 11.8. The highest BCUT2D eigenvalue weighted by Gasteiger charge is 2.28. The van der Waals surface area contributed by atoms with Crippen LogP contribution in [0, 0.1) is 6.92 Å². The third-order valence-corrected chi connectivity index (χ3v) is 5.86. The average molecular weight is 373 g/mol. The van der Waals surface area contributed by atoms with Crippen molar-refractivity contribution >= 4 is 28.6 Å². The van der Waals surface area contributed by atoms with Crippen molar-refractivity contribution < 1.29 is 9.90 Å². The number of fused-ring (bicyclic) bond motifs is 1. The van der Waals surface area contributed by atoms with Crippen LogP contribution >= 0.6 is 11.3 Å². The van der Waals surface area contributed by atoms with E-state index in [9.17, 15) is 9.90 Å². The Hall–Kier alpha value is -3.11. The summed E-state index contributed by atoms with van der Waals surface area (Å²) in [6.45, 7) is 6.82. The van der Waals surface area contributed by atoms with Gasteiger partial charge in [-0.3, -0.25) is 0 Å². The molecular weight excluding hydrogens is 354 g/mol. The van der Waals surface area contributed by atoms with E-state index < -0.39 is 5.97 Å². The van der Waals surface area contributed by atoms with Crippen LogP contribution in [0.3, 0.4) is 0 Å². The van der Waals surface area contributed by atoms with Gasteiger partial charge in [0.1, 0.15) is 0 Å². The lowest BCUT2D eigenvalue weighted by molar-refractivity contribution is -0.130. The van der Waals surface area contributed by atoms with Gasteiger partial charge in [-0.05, 0) is 30.2 Å². The van der Waals surface area contributed by atoms with Gasteiger partial charge in [0.05, 0.1) is 16.1 Å². The van der Waals surface area contributed by atoms with Gasteiger partial charge in [0.15, 0.2) is 0 Å². The van der Waals surface area contributed by atoms with E-state index in [1.54, 1.807) is 6.08 Å². The molecule has 4 rings (SSSR count). The number of thiophene rings is 1. The number of benzene rings is 2. The number of anilines is 1. The Kier molecular flexibility index (Phi) is 4.42. The van der Waals surface area contributed by atoms with E-state index in [0.717, 1.165) is 26.6 Å². The molecule has 0 atom stereocenters. The zero-order valence-corrected chi connectivity index (χ0v) is 15.8. The molecule has 0 saturated carbocycles. The van der Waals surface area contributed by atoms with Gasteiger partial charge in [-0.15, -0.1) is 11.3 Å². The Labute approximate surface area is 162 Å². The Balaban J connectivity index is 1.80. The van der Waals surface area contributed by atoms with Crippen LogP contribution in [0.2, 0.25) is 0 Å². The Morgan fingerprint density at radius 3 is 2.48 bits per heavy atom. The number of aryl methyl sites for hydroxylation is 1. The summed E-state index contributed by atoms with van der Waals surface area (Å²) >= 11 is 1.52. The number of allylic oxidation sites excluding steroid dienone is 1. The van der Waals surface area contributed by atoms with Crippen molar-refractivity contribution in [3.8, 4) is 10.4 Å². The lowest BCUT2D eigenvalue weighted by atomic mass is 10.0. The smallest absolute Gasteiger partial charge is 0.337 e. The molecule has 0 spiro atoms. The van der Waals surface area contributed by atoms with Crippen molar-refractivity contribution in [2.45, 2.75) is 13.5 Å². The standard InChI is InChI=1S/C23H19NO2S/c1-15-8-10-18(11-9-15)21-13-20-22(27-21)19(23(25)26)12-16(2)24(20)14-17-6-4-3-5-7-17/h3-13H,2,14H2,1H3,(H,25,26). The largest absolute Gasteiger partial charge is 0.478 e. The molecule has 2 heterocycles. The van der Waals surface area contributed by atoms with E-state index in [-0.39, 0.29) is 0 Å². The minimum Gasteiger partial charge on any atom is -0.478 e. The predicted octanol–water partition coefficient (Wildman–Crippen LogP) is 5.73. The van der Waals surface area contributed by atoms with Crippen LogP contribution in [0.4, 0.5) is 5.69 Å². The van der Waals surface area contributed by atoms with E-state index in [4.69, 9.17) is 0 Å². The van der Waals surface area contributed by atoms with Crippen LogP contribution in [-0.2, 0) is 11.3 Å². The highest BCUT2D eigenvalue weighted by atomic mass is 32.1. The highest BCUT2D eigenvalue weighted by molar-refractivity contribution is 7.17. The lowest BCUT2D eigenvalue weighted by Gasteiger charge is -2.29. The molecule has 0 amide bonds. The molecule has 0 aliphatic carbocycles. The number of rotatable bonds is 4. The summed E-state index contributed by atoms with van der Waals surface area (Å²) < 4.78 is 0. The zero-order valence-electron chi connectivity index (χ0n) is 15.0. The molecule has 4 heteroatoms. The Morgan fingerprint density at radius 1 is 1.11 bits per heavy atom. The van der Waals surface area contributed by atoms with Crippen molar-refractivity contribution in [2.75, 3.05) is 4.90 Å². The molecule has 0 unspecified atom stereocenters. The minimum atomic E-state index is -0.922. The Bertz CT molecular complexity index is 1050. The fourth-order valence-electron chi connectivity index (χ4n) is 3.21. The van der Waals surface area contributed by atoms with Gasteiger partial charge in [-0.25, -0.2) is 4.79 Å². The first-order valence-corrected chi connectivity index (χ1v) is 9.51. The number of hydrogen-bond donors (Lipinski definition) is 1. The van der Waals surface area contributed by atoms with Crippen molar-refractivity contribution in [1.29, 1.82) is 0 Å². The van der Waals surface area contributed by atoms with Crippen LogP contribution < -0.4 is 4.90 Å². The second-order valence-electron chi connectivity index (χ2n) is 6.62. The van der Waals surface area contributed by atoms with Gasteiger partial charge in [-0.2, -0.15) is 0 Å². The van der Waals surface area contributed by atoms with E-state index in [1.165, 1.54) is 16.9 Å². The topological polar surface area (TPSA) is 40.5 Å². The number of carboxylic acids is 1. The monoisotopic (exact) mass is 373 g/mol. The number of nitrogens with zero attached hydrogens (tertiary/aromatic N) is 1. The fourth-order valence-corrected chi connectivity index (χ4v) is 4.39. The summed E-state index contributed by atoms with van der Waals surface area (Å²) in [6, 6.07) is 20.5. The molecule has 0 bridgehead atoms. The van der Waals surface area contributed by atoms with Crippen molar-refractivity contribution in [3.63, 3.8) is 0 Å². The number of carbonyl (C=O) groups is 1. The van der Waals surface area contributed by atoms with Crippen LogP contribution in [0.25, 0.3) is 16.0 Å². The zero-order chi connectivity index (χ0) is 19.0. The normalized spacial score (nSPS) is 13.3. The highest BCUT2D eigenvalue weighted by Crippen LogP contribution is 2.45. The van der Waals surface area contributed by atoms with Gasteiger partial charge < -0.3 is 10.0 Å². The summed E-state index contributed by atoms with van der Waals surface area (Å²) in [5, 5.41) is 9.67. The summed E-state index contributed by atoms with van der Waals surface area (Å²) in [7, 11) is 0. The third-order valence-electron chi connectivity index (χ3n) is 4.66. The fraction of sp³-hybridized carbons (Fsp3) is 0.0870. The van der Waals surface area contributed by atoms with E-state index in [2.05, 4.69) is 60.9 Å². The molecule has 0 fully saturated rings. The van der Waals surface area contributed by atoms with E-state index in [1.807, 2.05) is 18.2 Å². The third kappa shape index (κ3) is 3.32. The molecule has 27 heavy (non-hydrogen) atoms. The molecule has 0 radical (unpaired) electrons. The minimum absolute atomic E-state index is 0.308.